The van der Waals surface area contributed by atoms with E-state index in [1.807, 2.05) is 19.0 Å². The molecule has 25 heavy (non-hydrogen) atoms. The number of Topliss-reactive ketones (excluding diaryl/α,β-unsaturated/α-hetero) is 1. The Kier molecular flexibility index (Phi) is 6.17. The lowest BCUT2D eigenvalue weighted by atomic mass is 10.1. The summed E-state index contributed by atoms with van der Waals surface area (Å²) in [5.74, 6) is -0.823. The van der Waals surface area contributed by atoms with Crippen LogP contribution in [0.5, 0.6) is 0 Å². The number of rotatable bonds is 7. The summed E-state index contributed by atoms with van der Waals surface area (Å²) in [5.41, 5.74) is 6.97. The fourth-order valence-electron chi connectivity index (χ4n) is 2.29. The molecule has 134 valence electrons. The van der Waals surface area contributed by atoms with Gasteiger partial charge in [-0.2, -0.15) is 5.10 Å². The van der Waals surface area contributed by atoms with Gasteiger partial charge in [0.25, 0.3) is 0 Å². The number of aryl methyl sites for hydroxylation is 1. The number of ether oxygens (including phenoxy) is 1. The minimum atomic E-state index is -0.675. The zero-order valence-electron chi connectivity index (χ0n) is 14.5. The molecular formula is C17H21ClN4O3. The summed E-state index contributed by atoms with van der Waals surface area (Å²) in [6, 6.07) is 6.60. The summed E-state index contributed by atoms with van der Waals surface area (Å²) in [6.45, 7) is 2.54. The molecule has 0 unspecified atom stereocenters. The maximum absolute atomic E-state index is 12.3. The summed E-state index contributed by atoms with van der Waals surface area (Å²) >= 11 is 5.97. The van der Waals surface area contributed by atoms with Gasteiger partial charge in [0.2, 0.25) is 5.78 Å². The first-order valence-electron chi connectivity index (χ1n) is 7.73. The SMILES string of the molecule is Cc1nn(CCN(C)C)c(N)c1C(=O)OCC(=O)c1ccccc1Cl. The molecule has 0 fully saturated rings. The number of likely N-dealkylation sites (N-methyl/N-ethyl adjacent to an activating group) is 1. The Hall–Kier alpha value is -2.38. The van der Waals surface area contributed by atoms with E-state index >= 15 is 0 Å². The molecule has 0 aliphatic heterocycles. The number of benzene rings is 1. The normalized spacial score (nSPS) is 10.9. The van der Waals surface area contributed by atoms with Crippen molar-refractivity contribution in [3.8, 4) is 0 Å². The molecule has 2 N–H and O–H groups in total. The van der Waals surface area contributed by atoms with Crippen LogP contribution in [-0.2, 0) is 11.3 Å². The maximum Gasteiger partial charge on any atom is 0.344 e. The fraction of sp³-hybridized carbons (Fsp3) is 0.353. The number of aromatic nitrogens is 2. The number of carbonyl (C=O) groups is 2. The molecule has 1 aromatic heterocycles. The van der Waals surface area contributed by atoms with Crippen LogP contribution in [0.15, 0.2) is 24.3 Å². The first-order valence-corrected chi connectivity index (χ1v) is 8.11. The van der Waals surface area contributed by atoms with Crippen molar-refractivity contribution in [2.75, 3.05) is 33.0 Å². The van der Waals surface area contributed by atoms with Crippen LogP contribution in [0, 0.1) is 6.92 Å². The molecule has 2 rings (SSSR count). The van der Waals surface area contributed by atoms with E-state index in [-0.39, 0.29) is 17.2 Å². The van der Waals surface area contributed by atoms with E-state index in [1.54, 1.807) is 35.9 Å². The molecule has 0 aliphatic rings. The van der Waals surface area contributed by atoms with E-state index in [0.717, 1.165) is 6.54 Å². The van der Waals surface area contributed by atoms with Crippen LogP contribution in [0.3, 0.4) is 0 Å². The number of esters is 1. The Bertz CT molecular complexity index is 786. The number of nitrogens with two attached hydrogens (primary N) is 1. The highest BCUT2D eigenvalue weighted by atomic mass is 35.5. The van der Waals surface area contributed by atoms with Crippen LogP contribution in [-0.4, -0.2) is 53.7 Å². The molecule has 0 radical (unpaired) electrons. The molecule has 0 spiro atoms. The monoisotopic (exact) mass is 364 g/mol. The van der Waals surface area contributed by atoms with Crippen LogP contribution in [0.25, 0.3) is 0 Å². The number of halogens is 1. The third kappa shape index (κ3) is 4.58. The summed E-state index contributed by atoms with van der Waals surface area (Å²) < 4.78 is 6.67. The predicted octanol–water partition coefficient (Wildman–Crippen LogP) is 2.03. The van der Waals surface area contributed by atoms with Gasteiger partial charge in [0.15, 0.2) is 6.61 Å². The first-order chi connectivity index (χ1) is 11.8. The molecular weight excluding hydrogens is 344 g/mol. The van der Waals surface area contributed by atoms with Gasteiger partial charge < -0.3 is 15.4 Å². The molecule has 0 bridgehead atoms. The topological polar surface area (TPSA) is 90.5 Å². The van der Waals surface area contributed by atoms with Crippen LogP contribution in [0.4, 0.5) is 5.82 Å². The smallest absolute Gasteiger partial charge is 0.344 e. The van der Waals surface area contributed by atoms with E-state index in [0.29, 0.717) is 22.8 Å². The zero-order chi connectivity index (χ0) is 18.6. The Morgan fingerprint density at radius 1 is 1.32 bits per heavy atom. The molecule has 0 amide bonds. The minimum absolute atomic E-state index is 0.186. The van der Waals surface area contributed by atoms with Gasteiger partial charge in [-0.1, -0.05) is 23.7 Å². The van der Waals surface area contributed by atoms with E-state index in [4.69, 9.17) is 22.1 Å². The van der Waals surface area contributed by atoms with E-state index in [9.17, 15) is 9.59 Å². The van der Waals surface area contributed by atoms with Crippen molar-refractivity contribution in [3.05, 3.63) is 46.1 Å². The average molecular weight is 365 g/mol. The Balaban J connectivity index is 2.06. The highest BCUT2D eigenvalue weighted by molar-refractivity contribution is 6.34. The summed E-state index contributed by atoms with van der Waals surface area (Å²) in [7, 11) is 3.87. The van der Waals surface area contributed by atoms with Crippen molar-refractivity contribution in [3.63, 3.8) is 0 Å². The number of anilines is 1. The van der Waals surface area contributed by atoms with E-state index < -0.39 is 12.6 Å². The van der Waals surface area contributed by atoms with Crippen molar-refractivity contribution >= 4 is 29.2 Å². The maximum atomic E-state index is 12.3. The summed E-state index contributed by atoms with van der Waals surface area (Å²) in [5, 5.41) is 4.58. The minimum Gasteiger partial charge on any atom is -0.454 e. The average Bonchev–Trinajstić information content (AvgIpc) is 2.84. The largest absolute Gasteiger partial charge is 0.454 e. The van der Waals surface area contributed by atoms with Crippen LogP contribution in [0.2, 0.25) is 5.02 Å². The van der Waals surface area contributed by atoms with Crippen LogP contribution >= 0.6 is 11.6 Å². The summed E-state index contributed by atoms with van der Waals surface area (Å²) in [4.78, 5) is 26.4. The van der Waals surface area contributed by atoms with Gasteiger partial charge in [-0.3, -0.25) is 4.79 Å². The van der Waals surface area contributed by atoms with E-state index in [1.165, 1.54) is 0 Å². The molecule has 0 saturated carbocycles. The third-order valence-electron chi connectivity index (χ3n) is 3.64. The van der Waals surface area contributed by atoms with Crippen molar-refractivity contribution in [2.45, 2.75) is 13.5 Å². The zero-order valence-corrected chi connectivity index (χ0v) is 15.2. The second-order valence-electron chi connectivity index (χ2n) is 5.85. The molecule has 0 atom stereocenters. The van der Waals surface area contributed by atoms with Gasteiger partial charge in [0, 0.05) is 12.1 Å². The van der Waals surface area contributed by atoms with Gasteiger partial charge in [0.1, 0.15) is 11.4 Å². The Morgan fingerprint density at radius 2 is 2.00 bits per heavy atom. The molecule has 0 saturated heterocycles. The lowest BCUT2D eigenvalue weighted by Crippen LogP contribution is -2.20. The number of nitrogen functional groups attached to an aromatic ring is 1. The number of nitrogens with zero attached hydrogens (tertiary/aromatic N) is 3. The third-order valence-corrected chi connectivity index (χ3v) is 3.97. The Morgan fingerprint density at radius 3 is 2.64 bits per heavy atom. The second-order valence-corrected chi connectivity index (χ2v) is 6.26. The van der Waals surface area contributed by atoms with Gasteiger partial charge in [-0.15, -0.1) is 0 Å². The van der Waals surface area contributed by atoms with Gasteiger partial charge in [-0.25, -0.2) is 9.48 Å². The van der Waals surface area contributed by atoms with Crippen LogP contribution < -0.4 is 5.73 Å². The number of carbonyl (C=O) groups excluding carboxylic acids is 2. The van der Waals surface area contributed by atoms with Crippen molar-refractivity contribution in [1.82, 2.24) is 14.7 Å². The molecule has 0 aliphatic carbocycles. The quantitative estimate of drug-likeness (QED) is 0.597. The molecule has 1 heterocycles. The number of ketones is 1. The number of hydrogen-bond donors (Lipinski definition) is 1. The predicted molar refractivity (Wildman–Crippen MR) is 96.0 cm³/mol. The molecule has 1 aromatic carbocycles. The standard InChI is InChI=1S/C17H21ClN4O3/c1-11-15(16(19)22(20-11)9-8-21(2)3)17(24)25-10-14(23)12-6-4-5-7-13(12)18/h4-7H,8-10,19H2,1-3H3. The lowest BCUT2D eigenvalue weighted by molar-refractivity contribution is 0.0475. The van der Waals surface area contributed by atoms with Gasteiger partial charge in [-0.05, 0) is 33.2 Å². The number of hydrogen-bond acceptors (Lipinski definition) is 6. The van der Waals surface area contributed by atoms with Crippen molar-refractivity contribution in [2.24, 2.45) is 0 Å². The van der Waals surface area contributed by atoms with E-state index in [2.05, 4.69) is 5.10 Å². The van der Waals surface area contributed by atoms with Crippen molar-refractivity contribution in [1.29, 1.82) is 0 Å². The molecule has 8 heteroatoms. The van der Waals surface area contributed by atoms with Gasteiger partial charge >= 0.3 is 5.97 Å². The Labute approximate surface area is 151 Å². The van der Waals surface area contributed by atoms with Gasteiger partial charge in [0.05, 0.1) is 17.3 Å². The highest BCUT2D eigenvalue weighted by Gasteiger charge is 2.22. The lowest BCUT2D eigenvalue weighted by Gasteiger charge is -2.10. The summed E-state index contributed by atoms with van der Waals surface area (Å²) in [6.07, 6.45) is 0. The first kappa shape index (κ1) is 19.0. The van der Waals surface area contributed by atoms with Crippen molar-refractivity contribution < 1.29 is 14.3 Å². The van der Waals surface area contributed by atoms with Crippen LogP contribution in [0.1, 0.15) is 26.4 Å². The fourth-order valence-corrected chi connectivity index (χ4v) is 2.53. The second kappa shape index (κ2) is 8.13. The molecule has 7 nitrogen and oxygen atoms in total. The highest BCUT2D eigenvalue weighted by Crippen LogP contribution is 2.19. The molecule has 2 aromatic rings.